The van der Waals surface area contributed by atoms with Gasteiger partial charge in [-0.05, 0) is 49.4 Å². The van der Waals surface area contributed by atoms with Crippen LogP contribution in [0.4, 0.5) is 0 Å². The first-order valence-electron chi connectivity index (χ1n) is 7.22. The molecule has 2 nitrogen and oxygen atoms in total. The van der Waals surface area contributed by atoms with E-state index in [2.05, 4.69) is 43.0 Å². The highest BCUT2D eigenvalue weighted by Gasteiger charge is 2.27. The summed E-state index contributed by atoms with van der Waals surface area (Å²) in [5, 5.41) is 10.1. The predicted octanol–water partition coefficient (Wildman–Crippen LogP) is 2.81. The van der Waals surface area contributed by atoms with Crippen molar-refractivity contribution >= 4 is 0 Å². The molecule has 1 aromatic carbocycles. The molecular weight excluding hydrogens is 222 g/mol. The van der Waals surface area contributed by atoms with Crippen molar-refractivity contribution in [2.24, 2.45) is 0 Å². The maximum absolute atomic E-state index is 10.1. The number of hydrogen-bond acceptors (Lipinski definition) is 2. The number of nitrogens with zero attached hydrogens (tertiary/aromatic N) is 1. The van der Waals surface area contributed by atoms with Crippen LogP contribution in [0.2, 0.25) is 0 Å². The third-order valence-corrected chi connectivity index (χ3v) is 4.19. The smallest absolute Gasteiger partial charge is 0.0558 e. The predicted molar refractivity (Wildman–Crippen MR) is 75.9 cm³/mol. The summed E-state index contributed by atoms with van der Waals surface area (Å²) in [5.41, 5.74) is 2.93. The fourth-order valence-electron chi connectivity index (χ4n) is 2.89. The zero-order chi connectivity index (χ0) is 13.0. The maximum Gasteiger partial charge on any atom is 0.0558 e. The lowest BCUT2D eigenvalue weighted by Crippen LogP contribution is -2.29. The summed E-state index contributed by atoms with van der Waals surface area (Å²) in [6, 6.07) is 8.62. The normalized spacial score (nSPS) is 19.4. The lowest BCUT2D eigenvalue weighted by atomic mass is 9.74. The van der Waals surface area contributed by atoms with Gasteiger partial charge in [0, 0.05) is 6.54 Å². The Morgan fingerprint density at radius 3 is 2.67 bits per heavy atom. The van der Waals surface area contributed by atoms with Gasteiger partial charge in [0.25, 0.3) is 0 Å². The van der Waals surface area contributed by atoms with Gasteiger partial charge in [-0.15, -0.1) is 0 Å². The van der Waals surface area contributed by atoms with Crippen LogP contribution in [0.5, 0.6) is 0 Å². The summed E-state index contributed by atoms with van der Waals surface area (Å²) < 4.78 is 0. The SMILES string of the molecule is CCN(CC)CCC(O)CC1Cc2ccccc21. The molecular formula is C16H25NO. The first-order chi connectivity index (χ1) is 8.74. The van der Waals surface area contributed by atoms with E-state index in [1.165, 1.54) is 11.1 Å². The van der Waals surface area contributed by atoms with E-state index in [0.29, 0.717) is 5.92 Å². The van der Waals surface area contributed by atoms with E-state index < -0.39 is 0 Å². The molecule has 1 aliphatic rings. The summed E-state index contributed by atoms with van der Waals surface area (Å²) in [5.74, 6) is 0.591. The number of fused-ring (bicyclic) bond motifs is 1. The topological polar surface area (TPSA) is 23.5 Å². The van der Waals surface area contributed by atoms with Crippen LogP contribution in [0, 0.1) is 0 Å². The first-order valence-corrected chi connectivity index (χ1v) is 7.22. The molecule has 18 heavy (non-hydrogen) atoms. The van der Waals surface area contributed by atoms with E-state index in [-0.39, 0.29) is 6.10 Å². The summed E-state index contributed by atoms with van der Waals surface area (Å²) >= 11 is 0. The number of aliphatic hydroxyl groups is 1. The second-order valence-electron chi connectivity index (χ2n) is 5.30. The first kappa shape index (κ1) is 13.6. The Morgan fingerprint density at radius 1 is 1.28 bits per heavy atom. The molecule has 0 saturated heterocycles. The molecule has 0 aromatic heterocycles. The quantitative estimate of drug-likeness (QED) is 0.801. The molecule has 2 unspecified atom stereocenters. The molecule has 0 bridgehead atoms. The molecule has 0 radical (unpaired) electrons. The van der Waals surface area contributed by atoms with Gasteiger partial charge >= 0.3 is 0 Å². The fraction of sp³-hybridized carbons (Fsp3) is 0.625. The van der Waals surface area contributed by atoms with Gasteiger partial charge in [0.15, 0.2) is 0 Å². The van der Waals surface area contributed by atoms with E-state index in [1.54, 1.807) is 0 Å². The molecule has 0 aliphatic heterocycles. The zero-order valence-corrected chi connectivity index (χ0v) is 11.6. The van der Waals surface area contributed by atoms with E-state index in [4.69, 9.17) is 0 Å². The average molecular weight is 247 g/mol. The Hall–Kier alpha value is -0.860. The summed E-state index contributed by atoms with van der Waals surface area (Å²) in [7, 11) is 0. The molecule has 1 aliphatic carbocycles. The van der Waals surface area contributed by atoms with E-state index in [0.717, 1.165) is 38.9 Å². The summed E-state index contributed by atoms with van der Waals surface area (Å²) in [6.45, 7) is 7.53. The molecule has 1 aromatic rings. The van der Waals surface area contributed by atoms with Crippen molar-refractivity contribution < 1.29 is 5.11 Å². The third-order valence-electron chi connectivity index (χ3n) is 4.19. The molecule has 2 rings (SSSR count). The maximum atomic E-state index is 10.1. The fourth-order valence-corrected chi connectivity index (χ4v) is 2.89. The number of benzene rings is 1. The van der Waals surface area contributed by atoms with Gasteiger partial charge in [0.1, 0.15) is 0 Å². The Morgan fingerprint density at radius 2 is 2.00 bits per heavy atom. The Bertz CT molecular complexity index is 373. The van der Waals surface area contributed by atoms with Gasteiger partial charge in [-0.3, -0.25) is 0 Å². The van der Waals surface area contributed by atoms with Crippen LogP contribution in [0.3, 0.4) is 0 Å². The van der Waals surface area contributed by atoms with Gasteiger partial charge in [-0.1, -0.05) is 38.1 Å². The van der Waals surface area contributed by atoms with Gasteiger partial charge < -0.3 is 10.0 Å². The van der Waals surface area contributed by atoms with Crippen LogP contribution in [-0.4, -0.2) is 35.7 Å². The lowest BCUT2D eigenvalue weighted by molar-refractivity contribution is 0.124. The van der Waals surface area contributed by atoms with Gasteiger partial charge in [0.05, 0.1) is 6.10 Å². The highest BCUT2D eigenvalue weighted by atomic mass is 16.3. The standard InChI is InChI=1S/C16H25NO/c1-3-17(4-2)10-9-15(18)12-14-11-13-7-5-6-8-16(13)14/h5-8,14-15,18H,3-4,9-12H2,1-2H3. The van der Waals surface area contributed by atoms with Crippen LogP contribution in [-0.2, 0) is 6.42 Å². The number of rotatable bonds is 7. The van der Waals surface area contributed by atoms with E-state index in [9.17, 15) is 5.11 Å². The van der Waals surface area contributed by atoms with Gasteiger partial charge in [0.2, 0.25) is 0 Å². The second-order valence-corrected chi connectivity index (χ2v) is 5.30. The minimum absolute atomic E-state index is 0.149. The van der Waals surface area contributed by atoms with E-state index in [1.807, 2.05) is 0 Å². The monoisotopic (exact) mass is 247 g/mol. The Labute approximate surface area is 111 Å². The van der Waals surface area contributed by atoms with Gasteiger partial charge in [-0.25, -0.2) is 0 Å². The molecule has 2 atom stereocenters. The van der Waals surface area contributed by atoms with Crippen LogP contribution in [0.1, 0.15) is 43.7 Å². The van der Waals surface area contributed by atoms with Crippen molar-refractivity contribution in [2.45, 2.75) is 45.1 Å². The van der Waals surface area contributed by atoms with Crippen LogP contribution < -0.4 is 0 Å². The summed E-state index contributed by atoms with van der Waals surface area (Å²) in [6.07, 6.45) is 2.83. The largest absolute Gasteiger partial charge is 0.393 e. The molecule has 0 amide bonds. The minimum Gasteiger partial charge on any atom is -0.393 e. The number of hydrogen-bond donors (Lipinski definition) is 1. The van der Waals surface area contributed by atoms with Crippen molar-refractivity contribution in [1.29, 1.82) is 0 Å². The number of aliphatic hydroxyl groups excluding tert-OH is 1. The molecule has 0 heterocycles. The Kier molecular flexibility index (Phi) is 4.79. The second kappa shape index (κ2) is 6.35. The van der Waals surface area contributed by atoms with E-state index >= 15 is 0 Å². The molecule has 1 N–H and O–H groups in total. The van der Waals surface area contributed by atoms with Crippen molar-refractivity contribution in [3.05, 3.63) is 35.4 Å². The van der Waals surface area contributed by atoms with Crippen LogP contribution >= 0.6 is 0 Å². The van der Waals surface area contributed by atoms with Crippen molar-refractivity contribution in [2.75, 3.05) is 19.6 Å². The third kappa shape index (κ3) is 3.12. The highest BCUT2D eigenvalue weighted by Crippen LogP contribution is 2.38. The molecule has 100 valence electrons. The molecule has 0 fully saturated rings. The highest BCUT2D eigenvalue weighted by molar-refractivity contribution is 5.39. The average Bonchev–Trinajstić information content (AvgIpc) is 2.37. The zero-order valence-electron chi connectivity index (χ0n) is 11.6. The van der Waals surface area contributed by atoms with Crippen molar-refractivity contribution in [3.63, 3.8) is 0 Å². The molecule has 2 heteroatoms. The van der Waals surface area contributed by atoms with Crippen molar-refractivity contribution in [1.82, 2.24) is 4.90 Å². The lowest BCUT2D eigenvalue weighted by Gasteiger charge is -2.32. The van der Waals surface area contributed by atoms with Gasteiger partial charge in [-0.2, -0.15) is 0 Å². The van der Waals surface area contributed by atoms with Crippen LogP contribution in [0.15, 0.2) is 24.3 Å². The molecule has 0 saturated carbocycles. The van der Waals surface area contributed by atoms with Crippen LogP contribution in [0.25, 0.3) is 0 Å². The summed E-state index contributed by atoms with van der Waals surface area (Å²) in [4.78, 5) is 2.37. The Balaban J connectivity index is 1.75. The minimum atomic E-state index is -0.149. The van der Waals surface area contributed by atoms with Crippen molar-refractivity contribution in [3.8, 4) is 0 Å². The molecule has 0 spiro atoms.